The molecular weight excluding hydrogens is 320 g/mol. The Morgan fingerprint density at radius 3 is 2.32 bits per heavy atom. The lowest BCUT2D eigenvalue weighted by Gasteiger charge is -2.43. The van der Waals surface area contributed by atoms with Crippen molar-refractivity contribution in [1.82, 2.24) is 0 Å². The number of thioether (sulfide) groups is 1. The van der Waals surface area contributed by atoms with Crippen LogP contribution in [0.5, 0.6) is 0 Å². The highest BCUT2D eigenvalue weighted by Gasteiger charge is 2.52. The molecule has 0 aliphatic carbocycles. The largest absolute Gasteiger partial charge is 0.394 e. The molecular formula is C12H20O9S. The Morgan fingerprint density at radius 2 is 1.64 bits per heavy atom. The fourth-order valence-electron chi connectivity index (χ4n) is 2.87. The molecule has 10 unspecified atom stereocenters. The van der Waals surface area contributed by atoms with E-state index in [9.17, 15) is 25.5 Å². The monoisotopic (exact) mass is 340 g/mol. The van der Waals surface area contributed by atoms with Gasteiger partial charge >= 0.3 is 0 Å². The van der Waals surface area contributed by atoms with Crippen molar-refractivity contribution in [2.24, 2.45) is 0 Å². The fraction of sp³-hybridized carbons (Fsp3) is 1.00. The predicted molar refractivity (Wildman–Crippen MR) is 71.8 cm³/mol. The van der Waals surface area contributed by atoms with Crippen LogP contribution in [0, 0.1) is 0 Å². The average molecular weight is 340 g/mol. The van der Waals surface area contributed by atoms with Crippen LogP contribution in [-0.4, -0.2) is 104 Å². The Morgan fingerprint density at radius 1 is 0.909 bits per heavy atom. The van der Waals surface area contributed by atoms with E-state index < -0.39 is 67.2 Å². The first-order valence-corrected chi connectivity index (χ1v) is 8.08. The van der Waals surface area contributed by atoms with E-state index in [-0.39, 0.29) is 0 Å². The Balaban J connectivity index is 1.71. The molecule has 22 heavy (non-hydrogen) atoms. The highest BCUT2D eigenvalue weighted by Crippen LogP contribution is 2.39. The van der Waals surface area contributed by atoms with Crippen molar-refractivity contribution >= 4 is 11.8 Å². The van der Waals surface area contributed by atoms with Crippen LogP contribution in [0.3, 0.4) is 0 Å². The third kappa shape index (κ3) is 2.77. The molecule has 10 atom stereocenters. The molecule has 9 nitrogen and oxygen atoms in total. The van der Waals surface area contributed by atoms with Gasteiger partial charge in [-0.15, -0.1) is 11.8 Å². The summed E-state index contributed by atoms with van der Waals surface area (Å²) in [4.78, 5) is 0. The van der Waals surface area contributed by atoms with Crippen LogP contribution in [0.15, 0.2) is 0 Å². The second-order valence-corrected chi connectivity index (χ2v) is 6.79. The van der Waals surface area contributed by atoms with Gasteiger partial charge in [0, 0.05) is 5.75 Å². The summed E-state index contributed by atoms with van der Waals surface area (Å²) in [6.45, 7) is -0.571. The molecule has 0 spiro atoms. The smallest absolute Gasteiger partial charge is 0.187 e. The topological polar surface area (TPSA) is 149 Å². The van der Waals surface area contributed by atoms with E-state index in [4.69, 9.17) is 19.3 Å². The lowest BCUT2D eigenvalue weighted by Crippen LogP contribution is -2.62. The van der Waals surface area contributed by atoms with Crippen LogP contribution in [0.2, 0.25) is 0 Å². The average Bonchev–Trinajstić information content (AvgIpc) is 2.96. The standard InChI is InChI=1S/C12H20O9S/c13-1-3-5(14)6(15)8(17)11(19-3)21-10-4-2-22-12(20-4)9(18)7(10)16/h3-18H,1-2H2. The summed E-state index contributed by atoms with van der Waals surface area (Å²) in [5, 5.41) is 58.5. The number of aliphatic hydroxyl groups excluding tert-OH is 6. The first-order chi connectivity index (χ1) is 10.4. The van der Waals surface area contributed by atoms with Crippen LogP contribution >= 0.6 is 11.8 Å². The number of hydrogen-bond donors (Lipinski definition) is 6. The van der Waals surface area contributed by atoms with Gasteiger partial charge < -0.3 is 44.8 Å². The van der Waals surface area contributed by atoms with Gasteiger partial charge in [0.2, 0.25) is 0 Å². The van der Waals surface area contributed by atoms with Crippen LogP contribution in [0.25, 0.3) is 0 Å². The molecule has 3 heterocycles. The van der Waals surface area contributed by atoms with E-state index in [0.29, 0.717) is 5.75 Å². The van der Waals surface area contributed by atoms with Crippen molar-refractivity contribution in [3.63, 3.8) is 0 Å². The SMILES string of the molecule is OCC1OC(OC2C3CSC(O3)C(O)C2O)C(O)C(O)C1O. The van der Waals surface area contributed by atoms with Crippen LogP contribution in [0.4, 0.5) is 0 Å². The Labute approximate surface area is 130 Å². The molecule has 3 fully saturated rings. The summed E-state index contributed by atoms with van der Waals surface area (Å²) in [7, 11) is 0. The van der Waals surface area contributed by atoms with Gasteiger partial charge in [-0.1, -0.05) is 0 Å². The molecule has 3 saturated heterocycles. The minimum atomic E-state index is -1.56. The Kier molecular flexibility index (Phi) is 4.95. The normalized spacial score (nSPS) is 55.4. The molecule has 0 saturated carbocycles. The molecule has 0 aromatic rings. The van der Waals surface area contributed by atoms with Crippen molar-refractivity contribution < 1.29 is 44.8 Å². The van der Waals surface area contributed by atoms with E-state index in [1.165, 1.54) is 11.8 Å². The molecule has 0 aromatic carbocycles. The van der Waals surface area contributed by atoms with E-state index in [2.05, 4.69) is 0 Å². The van der Waals surface area contributed by atoms with Gasteiger partial charge in [-0.25, -0.2) is 0 Å². The molecule has 0 amide bonds. The van der Waals surface area contributed by atoms with Gasteiger partial charge in [0.15, 0.2) is 6.29 Å². The number of rotatable bonds is 3. The Bertz CT molecular complexity index is 397. The summed E-state index contributed by atoms with van der Waals surface area (Å²) in [6.07, 6.45) is -10.9. The highest BCUT2D eigenvalue weighted by atomic mass is 32.2. The minimum absolute atomic E-state index is 0.485. The van der Waals surface area contributed by atoms with Crippen molar-refractivity contribution in [2.45, 2.75) is 60.6 Å². The number of ether oxygens (including phenoxy) is 3. The number of hydrogen-bond acceptors (Lipinski definition) is 10. The van der Waals surface area contributed by atoms with Gasteiger partial charge in [-0.2, -0.15) is 0 Å². The van der Waals surface area contributed by atoms with Gasteiger partial charge in [0.05, 0.1) is 12.7 Å². The van der Waals surface area contributed by atoms with E-state index in [1.807, 2.05) is 0 Å². The van der Waals surface area contributed by atoms with Crippen LogP contribution in [0.1, 0.15) is 0 Å². The maximum atomic E-state index is 10.1. The van der Waals surface area contributed by atoms with E-state index >= 15 is 0 Å². The molecule has 6 N–H and O–H groups in total. The zero-order chi connectivity index (χ0) is 16.0. The molecule has 10 heteroatoms. The quantitative estimate of drug-likeness (QED) is 0.304. The first-order valence-electron chi connectivity index (χ1n) is 7.03. The van der Waals surface area contributed by atoms with Crippen LogP contribution < -0.4 is 0 Å². The molecule has 0 radical (unpaired) electrons. The first kappa shape index (κ1) is 16.8. The summed E-state index contributed by atoms with van der Waals surface area (Å²) in [5.41, 5.74) is -0.519. The number of fused-ring (bicyclic) bond motifs is 2. The van der Waals surface area contributed by atoms with E-state index in [0.717, 1.165) is 0 Å². The third-order valence-electron chi connectivity index (χ3n) is 4.21. The predicted octanol–water partition coefficient (Wildman–Crippen LogP) is -3.63. The lowest BCUT2D eigenvalue weighted by atomic mass is 9.98. The highest BCUT2D eigenvalue weighted by molar-refractivity contribution is 8.00. The molecule has 3 rings (SSSR count). The molecule has 0 aromatic heterocycles. The molecule has 128 valence electrons. The maximum Gasteiger partial charge on any atom is 0.187 e. The summed E-state index contributed by atoms with van der Waals surface area (Å²) in [6, 6.07) is 0. The van der Waals surface area contributed by atoms with Crippen molar-refractivity contribution in [2.75, 3.05) is 12.4 Å². The van der Waals surface area contributed by atoms with Crippen molar-refractivity contribution in [1.29, 1.82) is 0 Å². The minimum Gasteiger partial charge on any atom is -0.394 e. The summed E-state index contributed by atoms with van der Waals surface area (Å²) < 4.78 is 16.2. The second kappa shape index (κ2) is 6.48. The van der Waals surface area contributed by atoms with E-state index in [1.54, 1.807) is 0 Å². The number of aliphatic hydroxyl groups is 6. The maximum absolute atomic E-state index is 10.1. The fourth-order valence-corrected chi connectivity index (χ4v) is 4.10. The summed E-state index contributed by atoms with van der Waals surface area (Å²) >= 11 is 1.35. The van der Waals surface area contributed by atoms with Crippen molar-refractivity contribution in [3.8, 4) is 0 Å². The third-order valence-corrected chi connectivity index (χ3v) is 5.44. The van der Waals surface area contributed by atoms with Gasteiger partial charge in [0.25, 0.3) is 0 Å². The van der Waals surface area contributed by atoms with Gasteiger partial charge in [-0.3, -0.25) is 0 Å². The van der Waals surface area contributed by atoms with Crippen LogP contribution in [-0.2, 0) is 14.2 Å². The van der Waals surface area contributed by atoms with Crippen molar-refractivity contribution in [3.05, 3.63) is 0 Å². The second-order valence-electron chi connectivity index (χ2n) is 5.66. The molecule has 2 bridgehead atoms. The summed E-state index contributed by atoms with van der Waals surface area (Å²) in [5.74, 6) is 0.501. The lowest BCUT2D eigenvalue weighted by molar-refractivity contribution is -0.334. The molecule has 3 aliphatic heterocycles. The molecule has 3 aliphatic rings. The van der Waals surface area contributed by atoms with Gasteiger partial charge in [0.1, 0.15) is 48.2 Å². The Hall–Kier alpha value is -0.0100. The zero-order valence-electron chi connectivity index (χ0n) is 11.5. The van der Waals surface area contributed by atoms with Gasteiger partial charge in [-0.05, 0) is 0 Å². The zero-order valence-corrected chi connectivity index (χ0v) is 12.3.